The summed E-state index contributed by atoms with van der Waals surface area (Å²) in [5.74, 6) is 0.151. The number of rotatable bonds is 3. The number of hydrogen-bond donors (Lipinski definition) is 2. The fourth-order valence-electron chi connectivity index (χ4n) is 1.20. The predicted octanol–water partition coefficient (Wildman–Crippen LogP) is -0.505. The highest BCUT2D eigenvalue weighted by Crippen LogP contribution is 2.19. The minimum absolute atomic E-state index is 0.101. The van der Waals surface area contributed by atoms with E-state index in [1.807, 2.05) is 0 Å². The van der Waals surface area contributed by atoms with Crippen molar-refractivity contribution in [3.05, 3.63) is 12.1 Å². The standard InChI is InChI=1S/C7H10N6O3S/c1-4-9-10-7(16-4)12-17(14,15)5-3-13(2)11-6(5)8/h3H,1-2H3,(H2,8,11)(H,10,12). The third-order valence-electron chi connectivity index (χ3n) is 1.86. The molecule has 9 nitrogen and oxygen atoms in total. The second-order valence-corrected chi connectivity index (χ2v) is 4.93. The van der Waals surface area contributed by atoms with Crippen LogP contribution in [0.4, 0.5) is 11.8 Å². The van der Waals surface area contributed by atoms with Gasteiger partial charge in [-0.25, -0.2) is 13.1 Å². The van der Waals surface area contributed by atoms with E-state index in [-0.39, 0.29) is 22.6 Å². The van der Waals surface area contributed by atoms with Crippen molar-refractivity contribution in [2.24, 2.45) is 7.05 Å². The molecule has 0 amide bonds. The molecule has 0 radical (unpaired) electrons. The van der Waals surface area contributed by atoms with Crippen LogP contribution >= 0.6 is 0 Å². The van der Waals surface area contributed by atoms with E-state index in [1.165, 1.54) is 10.9 Å². The van der Waals surface area contributed by atoms with Gasteiger partial charge in [-0.05, 0) is 0 Å². The highest BCUT2D eigenvalue weighted by molar-refractivity contribution is 7.92. The molecule has 0 unspecified atom stereocenters. The number of sulfonamides is 1. The Labute approximate surface area is 96.7 Å². The van der Waals surface area contributed by atoms with E-state index in [1.54, 1.807) is 14.0 Å². The summed E-state index contributed by atoms with van der Waals surface area (Å²) in [5, 5.41) is 10.7. The minimum atomic E-state index is -3.86. The van der Waals surface area contributed by atoms with Gasteiger partial charge in [0.15, 0.2) is 5.82 Å². The molecule has 0 aliphatic heterocycles. The Kier molecular flexibility index (Phi) is 2.50. The van der Waals surface area contributed by atoms with Gasteiger partial charge in [0.05, 0.1) is 0 Å². The molecule has 2 aromatic rings. The highest BCUT2D eigenvalue weighted by Gasteiger charge is 2.22. The van der Waals surface area contributed by atoms with Crippen molar-refractivity contribution in [3.63, 3.8) is 0 Å². The second-order valence-electron chi connectivity index (χ2n) is 3.28. The Morgan fingerprint density at radius 2 is 2.18 bits per heavy atom. The third kappa shape index (κ3) is 2.20. The lowest BCUT2D eigenvalue weighted by atomic mass is 10.7. The maximum atomic E-state index is 11.9. The Morgan fingerprint density at radius 1 is 1.47 bits per heavy atom. The first-order valence-electron chi connectivity index (χ1n) is 4.50. The number of nitrogen functional groups attached to an aromatic ring is 1. The molecule has 0 fully saturated rings. The monoisotopic (exact) mass is 258 g/mol. The van der Waals surface area contributed by atoms with Gasteiger partial charge in [-0.1, -0.05) is 5.10 Å². The van der Waals surface area contributed by atoms with Crippen molar-refractivity contribution in [2.75, 3.05) is 10.5 Å². The summed E-state index contributed by atoms with van der Waals surface area (Å²) in [6.45, 7) is 1.54. The van der Waals surface area contributed by atoms with E-state index < -0.39 is 10.0 Å². The zero-order chi connectivity index (χ0) is 12.6. The lowest BCUT2D eigenvalue weighted by Gasteiger charge is -2.00. The van der Waals surface area contributed by atoms with Crippen LogP contribution in [0.2, 0.25) is 0 Å². The first kappa shape index (κ1) is 11.4. The molecular formula is C7H10N6O3S. The van der Waals surface area contributed by atoms with Crippen LogP contribution in [0.15, 0.2) is 15.5 Å². The molecule has 0 aliphatic carbocycles. The van der Waals surface area contributed by atoms with Crippen molar-refractivity contribution < 1.29 is 12.8 Å². The molecule has 0 bridgehead atoms. The molecule has 17 heavy (non-hydrogen) atoms. The molecule has 0 aromatic carbocycles. The number of hydrogen-bond acceptors (Lipinski definition) is 7. The van der Waals surface area contributed by atoms with Crippen LogP contribution in [0, 0.1) is 6.92 Å². The van der Waals surface area contributed by atoms with Gasteiger partial charge in [0.25, 0.3) is 10.0 Å². The van der Waals surface area contributed by atoms with Crippen molar-refractivity contribution in [1.82, 2.24) is 20.0 Å². The van der Waals surface area contributed by atoms with Crippen molar-refractivity contribution >= 4 is 21.9 Å². The van der Waals surface area contributed by atoms with Gasteiger partial charge in [0.2, 0.25) is 5.89 Å². The van der Waals surface area contributed by atoms with Crippen LogP contribution in [-0.4, -0.2) is 28.4 Å². The maximum absolute atomic E-state index is 11.9. The molecule has 10 heteroatoms. The van der Waals surface area contributed by atoms with Crippen LogP contribution < -0.4 is 10.5 Å². The molecule has 0 saturated heterocycles. The summed E-state index contributed by atoms with van der Waals surface area (Å²) in [6, 6.07) is -0.217. The number of nitrogens with two attached hydrogens (primary N) is 1. The Bertz CT molecular complexity index is 642. The summed E-state index contributed by atoms with van der Waals surface area (Å²) >= 11 is 0. The predicted molar refractivity (Wildman–Crippen MR) is 57.5 cm³/mol. The minimum Gasteiger partial charge on any atom is -0.408 e. The molecular weight excluding hydrogens is 248 g/mol. The number of aromatic nitrogens is 4. The first-order chi connectivity index (χ1) is 7.88. The van der Waals surface area contributed by atoms with Crippen molar-refractivity contribution in [2.45, 2.75) is 11.8 Å². The van der Waals surface area contributed by atoms with Gasteiger partial charge in [0, 0.05) is 20.2 Å². The van der Waals surface area contributed by atoms with Crippen LogP contribution in [0.3, 0.4) is 0 Å². The average molecular weight is 258 g/mol. The fourth-order valence-corrected chi connectivity index (χ4v) is 2.23. The van der Waals surface area contributed by atoms with Crippen molar-refractivity contribution in [3.8, 4) is 0 Å². The van der Waals surface area contributed by atoms with Gasteiger partial charge in [-0.15, -0.1) is 5.10 Å². The van der Waals surface area contributed by atoms with Crippen LogP contribution in [-0.2, 0) is 17.1 Å². The number of nitrogens with zero attached hydrogens (tertiary/aromatic N) is 4. The van der Waals surface area contributed by atoms with E-state index in [9.17, 15) is 8.42 Å². The van der Waals surface area contributed by atoms with Crippen LogP contribution in [0.1, 0.15) is 5.89 Å². The van der Waals surface area contributed by atoms with Gasteiger partial charge in [0.1, 0.15) is 4.90 Å². The van der Waals surface area contributed by atoms with Gasteiger partial charge in [-0.3, -0.25) is 4.68 Å². The van der Waals surface area contributed by atoms with E-state index in [2.05, 4.69) is 20.0 Å². The summed E-state index contributed by atoms with van der Waals surface area (Å²) in [7, 11) is -2.30. The third-order valence-corrected chi connectivity index (χ3v) is 3.20. The summed E-state index contributed by atoms with van der Waals surface area (Å²) in [5.41, 5.74) is 5.47. The van der Waals surface area contributed by atoms with Gasteiger partial charge < -0.3 is 10.2 Å². The van der Waals surface area contributed by atoms with E-state index in [0.29, 0.717) is 0 Å². The SMILES string of the molecule is Cc1nnc(NS(=O)(=O)c2cn(C)nc2N)o1. The highest BCUT2D eigenvalue weighted by atomic mass is 32.2. The zero-order valence-corrected chi connectivity index (χ0v) is 9.89. The first-order valence-corrected chi connectivity index (χ1v) is 5.99. The molecule has 2 rings (SSSR count). The zero-order valence-electron chi connectivity index (χ0n) is 9.08. The van der Waals surface area contributed by atoms with Gasteiger partial charge >= 0.3 is 6.01 Å². The molecule has 0 spiro atoms. The maximum Gasteiger partial charge on any atom is 0.329 e. The molecule has 0 atom stereocenters. The summed E-state index contributed by atoms with van der Waals surface area (Å²) < 4.78 is 32.1. The Hall–Kier alpha value is -2.10. The van der Waals surface area contributed by atoms with E-state index >= 15 is 0 Å². The molecule has 2 heterocycles. The van der Waals surface area contributed by atoms with Crippen molar-refractivity contribution in [1.29, 1.82) is 0 Å². The Balaban J connectivity index is 2.34. The molecule has 92 valence electrons. The van der Waals surface area contributed by atoms with Crippen LogP contribution in [0.5, 0.6) is 0 Å². The topological polar surface area (TPSA) is 129 Å². The summed E-state index contributed by atoms with van der Waals surface area (Å²) in [6.07, 6.45) is 1.28. The molecule has 0 aliphatic rings. The lowest BCUT2D eigenvalue weighted by molar-refractivity contribution is 0.534. The van der Waals surface area contributed by atoms with Crippen LogP contribution in [0.25, 0.3) is 0 Å². The number of anilines is 2. The smallest absolute Gasteiger partial charge is 0.329 e. The van der Waals surface area contributed by atoms with E-state index in [0.717, 1.165) is 0 Å². The summed E-state index contributed by atoms with van der Waals surface area (Å²) in [4.78, 5) is -0.143. The quantitative estimate of drug-likeness (QED) is 0.758. The largest absolute Gasteiger partial charge is 0.408 e. The number of nitrogens with one attached hydrogen (secondary N) is 1. The molecule has 2 aromatic heterocycles. The molecule has 0 saturated carbocycles. The lowest BCUT2D eigenvalue weighted by Crippen LogP contribution is -2.14. The second kappa shape index (κ2) is 3.73. The Morgan fingerprint density at radius 3 is 2.65 bits per heavy atom. The number of aryl methyl sites for hydroxylation is 2. The fraction of sp³-hybridized carbons (Fsp3) is 0.286. The average Bonchev–Trinajstić information content (AvgIpc) is 2.72. The normalized spacial score (nSPS) is 11.6. The molecule has 3 N–H and O–H groups in total. The van der Waals surface area contributed by atoms with E-state index in [4.69, 9.17) is 10.2 Å². The van der Waals surface area contributed by atoms with Gasteiger partial charge in [-0.2, -0.15) is 5.10 Å².